The molecule has 0 saturated heterocycles. The van der Waals surface area contributed by atoms with Crippen LogP contribution in [-0.2, 0) is 9.59 Å². The van der Waals surface area contributed by atoms with Crippen molar-refractivity contribution in [3.05, 3.63) is 0 Å². The van der Waals surface area contributed by atoms with Gasteiger partial charge < -0.3 is 20.8 Å². The molecule has 2 atom stereocenters. The molecule has 0 aromatic rings. The van der Waals surface area contributed by atoms with Crippen LogP contribution in [-0.4, -0.2) is 45.3 Å². The lowest BCUT2D eigenvalue weighted by atomic mass is 9.81. The van der Waals surface area contributed by atoms with Gasteiger partial charge in [0.25, 0.3) is 0 Å². The molecule has 4 N–H and O–H groups in total. The summed E-state index contributed by atoms with van der Waals surface area (Å²) in [6.45, 7) is 11.2. The number of hydrogen-bond donors (Lipinski definition) is 4. The minimum Gasteiger partial charge on any atom is -0.388 e. The van der Waals surface area contributed by atoms with E-state index in [1.54, 1.807) is 13.8 Å². The quantitative estimate of drug-likeness (QED) is 0.462. The van der Waals surface area contributed by atoms with Crippen LogP contribution in [0, 0.1) is 17.3 Å². The third-order valence-electron chi connectivity index (χ3n) is 7.14. The third kappa shape index (κ3) is 5.13. The Kier molecular flexibility index (Phi) is 7.43. The smallest absolute Gasteiger partial charge is 0.235 e. The van der Waals surface area contributed by atoms with E-state index in [9.17, 15) is 19.8 Å². The number of carbonyl (C=O) groups is 2. The minimum absolute atomic E-state index is 0.0588. The van der Waals surface area contributed by atoms with Gasteiger partial charge in [-0.05, 0) is 51.4 Å². The Labute approximate surface area is 176 Å². The molecule has 168 valence electrons. The van der Waals surface area contributed by atoms with Gasteiger partial charge in [-0.3, -0.25) is 9.59 Å². The Bertz CT molecular complexity index is 538. The molecule has 6 nitrogen and oxygen atoms in total. The zero-order chi connectivity index (χ0) is 22.0. The molecule has 0 aromatic heterocycles. The van der Waals surface area contributed by atoms with Crippen LogP contribution >= 0.6 is 0 Å². The van der Waals surface area contributed by atoms with E-state index in [-0.39, 0.29) is 35.7 Å². The maximum absolute atomic E-state index is 13.1. The topological polar surface area (TPSA) is 98.7 Å². The monoisotopic (exact) mass is 410 g/mol. The third-order valence-corrected chi connectivity index (χ3v) is 7.14. The van der Waals surface area contributed by atoms with Crippen LogP contribution in [0.5, 0.6) is 0 Å². The number of nitrogens with one attached hydrogen (secondary N) is 2. The minimum atomic E-state index is -1.30. The first-order valence-corrected chi connectivity index (χ1v) is 11.4. The molecule has 0 radical (unpaired) electrons. The molecule has 0 heterocycles. The van der Waals surface area contributed by atoms with Gasteiger partial charge in [0.05, 0.1) is 23.3 Å². The number of rotatable bonds is 8. The van der Waals surface area contributed by atoms with E-state index >= 15 is 0 Å². The standard InChI is InChI=1S/C23H42N2O4/c1-15(2)17(22(28)11-7-8-12-22)24-19(26)21(5,6)20(27)25-18(16(3)4)23(29)13-9-10-14-23/h15-18,28-29H,7-14H2,1-6H3,(H,24,26)(H,25,27). The van der Waals surface area contributed by atoms with Crippen molar-refractivity contribution in [1.29, 1.82) is 0 Å². The predicted molar refractivity (Wildman–Crippen MR) is 114 cm³/mol. The largest absolute Gasteiger partial charge is 0.388 e. The van der Waals surface area contributed by atoms with Gasteiger partial charge in [0.2, 0.25) is 11.8 Å². The van der Waals surface area contributed by atoms with Gasteiger partial charge in [-0.25, -0.2) is 0 Å². The molecule has 2 amide bonds. The SMILES string of the molecule is CC(C)C(NC(=O)C(C)(C)C(=O)NC(C(C)C)C1(O)CCCC1)C1(O)CCCC1. The van der Waals surface area contributed by atoms with Crippen molar-refractivity contribution in [2.24, 2.45) is 17.3 Å². The molecule has 29 heavy (non-hydrogen) atoms. The Balaban J connectivity index is 2.12. The maximum atomic E-state index is 13.1. The van der Waals surface area contributed by atoms with Crippen molar-refractivity contribution in [2.45, 2.75) is 116 Å². The number of aliphatic hydroxyl groups is 2. The van der Waals surface area contributed by atoms with Gasteiger partial charge in [0, 0.05) is 0 Å². The van der Waals surface area contributed by atoms with E-state index in [1.165, 1.54) is 0 Å². The molecular formula is C23H42N2O4. The summed E-state index contributed by atoms with van der Waals surface area (Å²) < 4.78 is 0. The van der Waals surface area contributed by atoms with Crippen molar-refractivity contribution in [2.75, 3.05) is 0 Å². The number of carbonyl (C=O) groups excluding carboxylic acids is 2. The summed E-state index contributed by atoms with van der Waals surface area (Å²) in [6, 6.07) is -0.769. The predicted octanol–water partition coefficient (Wildman–Crippen LogP) is 2.90. The molecule has 6 heteroatoms. The molecule has 2 fully saturated rings. The van der Waals surface area contributed by atoms with Gasteiger partial charge in [-0.15, -0.1) is 0 Å². The molecule has 2 unspecified atom stereocenters. The second-order valence-corrected chi connectivity index (χ2v) is 10.6. The highest BCUT2D eigenvalue weighted by molar-refractivity contribution is 6.04. The second kappa shape index (κ2) is 8.93. The highest BCUT2D eigenvalue weighted by Gasteiger charge is 2.47. The van der Waals surface area contributed by atoms with Crippen molar-refractivity contribution in [1.82, 2.24) is 10.6 Å². The average molecular weight is 411 g/mol. The van der Waals surface area contributed by atoms with E-state index in [0.29, 0.717) is 25.7 Å². The normalized spacial score (nSPS) is 23.2. The maximum Gasteiger partial charge on any atom is 0.235 e. The van der Waals surface area contributed by atoms with Crippen LogP contribution in [0.3, 0.4) is 0 Å². The zero-order valence-electron chi connectivity index (χ0n) is 19.2. The number of hydrogen-bond acceptors (Lipinski definition) is 4. The summed E-state index contributed by atoms with van der Waals surface area (Å²) in [5, 5.41) is 28.0. The first kappa shape index (κ1) is 24.1. The van der Waals surface area contributed by atoms with Crippen molar-refractivity contribution in [3.8, 4) is 0 Å². The first-order valence-electron chi connectivity index (χ1n) is 11.4. The Hall–Kier alpha value is -1.14. The van der Waals surface area contributed by atoms with E-state index in [2.05, 4.69) is 10.6 Å². The van der Waals surface area contributed by atoms with Gasteiger partial charge in [-0.1, -0.05) is 53.4 Å². The lowest BCUT2D eigenvalue weighted by molar-refractivity contribution is -0.145. The fourth-order valence-electron chi connectivity index (χ4n) is 5.19. The van der Waals surface area contributed by atoms with Crippen LogP contribution in [0.15, 0.2) is 0 Å². The van der Waals surface area contributed by atoms with Gasteiger partial charge in [0.1, 0.15) is 5.41 Å². The zero-order valence-corrected chi connectivity index (χ0v) is 19.2. The molecule has 0 aromatic carbocycles. The highest BCUT2D eigenvalue weighted by Crippen LogP contribution is 2.37. The van der Waals surface area contributed by atoms with Crippen LogP contribution in [0.25, 0.3) is 0 Å². The molecule has 2 aliphatic carbocycles. The number of amides is 2. The summed E-state index contributed by atoms with van der Waals surface area (Å²) in [5.41, 5.74) is -3.12. The van der Waals surface area contributed by atoms with Crippen LogP contribution in [0.4, 0.5) is 0 Å². The Morgan fingerprint density at radius 2 is 1.00 bits per heavy atom. The van der Waals surface area contributed by atoms with Gasteiger partial charge in [-0.2, -0.15) is 0 Å². The molecule has 2 aliphatic rings. The summed E-state index contributed by atoms with van der Waals surface area (Å²) in [4.78, 5) is 26.3. The fraction of sp³-hybridized carbons (Fsp3) is 0.913. The fourth-order valence-corrected chi connectivity index (χ4v) is 5.19. The van der Waals surface area contributed by atoms with Crippen LogP contribution in [0.2, 0.25) is 0 Å². The molecular weight excluding hydrogens is 368 g/mol. The van der Waals surface area contributed by atoms with Crippen molar-refractivity contribution in [3.63, 3.8) is 0 Å². The summed E-state index contributed by atoms with van der Waals surface area (Å²) in [6.07, 6.45) is 6.50. The van der Waals surface area contributed by atoms with Gasteiger partial charge >= 0.3 is 0 Å². The van der Waals surface area contributed by atoms with Crippen LogP contribution < -0.4 is 10.6 Å². The van der Waals surface area contributed by atoms with Crippen LogP contribution in [0.1, 0.15) is 92.9 Å². The molecule has 2 rings (SSSR count). The summed E-state index contributed by atoms with van der Waals surface area (Å²) in [7, 11) is 0. The molecule has 0 bridgehead atoms. The highest BCUT2D eigenvalue weighted by atomic mass is 16.3. The van der Waals surface area contributed by atoms with E-state index < -0.39 is 16.6 Å². The summed E-state index contributed by atoms with van der Waals surface area (Å²) in [5.74, 6) is -0.642. The average Bonchev–Trinajstić information content (AvgIpc) is 3.26. The second-order valence-electron chi connectivity index (χ2n) is 10.6. The Morgan fingerprint density at radius 1 is 0.724 bits per heavy atom. The van der Waals surface area contributed by atoms with Gasteiger partial charge in [0.15, 0.2) is 0 Å². The Morgan fingerprint density at radius 3 is 1.24 bits per heavy atom. The van der Waals surface area contributed by atoms with E-state index in [0.717, 1.165) is 25.7 Å². The lowest BCUT2D eigenvalue weighted by Crippen LogP contribution is -2.61. The molecule has 0 spiro atoms. The first-order chi connectivity index (χ1) is 13.3. The molecule has 2 saturated carbocycles. The van der Waals surface area contributed by atoms with E-state index in [1.807, 2.05) is 27.7 Å². The summed E-state index contributed by atoms with van der Waals surface area (Å²) >= 11 is 0. The van der Waals surface area contributed by atoms with Crippen molar-refractivity contribution >= 4 is 11.8 Å². The molecule has 0 aliphatic heterocycles. The van der Waals surface area contributed by atoms with Crippen molar-refractivity contribution < 1.29 is 19.8 Å². The lowest BCUT2D eigenvalue weighted by Gasteiger charge is -2.40. The van der Waals surface area contributed by atoms with E-state index in [4.69, 9.17) is 0 Å².